The van der Waals surface area contributed by atoms with E-state index in [-0.39, 0.29) is 5.82 Å². The van der Waals surface area contributed by atoms with E-state index in [4.69, 9.17) is 4.74 Å². The van der Waals surface area contributed by atoms with Crippen molar-refractivity contribution >= 4 is 5.96 Å². The lowest BCUT2D eigenvalue weighted by molar-refractivity contribution is 0.305. The van der Waals surface area contributed by atoms with Crippen molar-refractivity contribution in [1.82, 2.24) is 10.6 Å². The molecule has 0 spiro atoms. The summed E-state index contributed by atoms with van der Waals surface area (Å²) in [4.78, 5) is 4.27. The van der Waals surface area contributed by atoms with Gasteiger partial charge in [-0.25, -0.2) is 4.39 Å². The second-order valence-corrected chi connectivity index (χ2v) is 6.27. The van der Waals surface area contributed by atoms with Gasteiger partial charge in [0.2, 0.25) is 0 Å². The second kappa shape index (κ2) is 9.04. The largest absolute Gasteiger partial charge is 0.489 e. The number of halogens is 1. The van der Waals surface area contributed by atoms with E-state index in [1.54, 1.807) is 13.1 Å². The van der Waals surface area contributed by atoms with Crippen molar-refractivity contribution in [2.45, 2.75) is 32.0 Å². The van der Waals surface area contributed by atoms with Gasteiger partial charge in [-0.05, 0) is 48.2 Å². The molecule has 0 bridgehead atoms. The number of aliphatic imine (C=N–C) groups is 1. The van der Waals surface area contributed by atoms with Crippen LogP contribution >= 0.6 is 0 Å². The highest BCUT2D eigenvalue weighted by atomic mass is 19.1. The van der Waals surface area contributed by atoms with E-state index in [0.717, 1.165) is 35.7 Å². The number of guanidine groups is 1. The molecule has 0 unspecified atom stereocenters. The minimum absolute atomic E-state index is 0.247. The van der Waals surface area contributed by atoms with E-state index in [1.807, 2.05) is 30.3 Å². The van der Waals surface area contributed by atoms with Crippen molar-refractivity contribution in [3.8, 4) is 5.75 Å². The van der Waals surface area contributed by atoms with Gasteiger partial charge < -0.3 is 15.4 Å². The summed E-state index contributed by atoms with van der Waals surface area (Å²) in [6, 6.07) is 14.7. The zero-order valence-electron chi connectivity index (χ0n) is 14.9. The predicted molar refractivity (Wildman–Crippen MR) is 103 cm³/mol. The van der Waals surface area contributed by atoms with E-state index in [0.29, 0.717) is 19.2 Å². The summed E-state index contributed by atoms with van der Waals surface area (Å²) >= 11 is 0. The van der Waals surface area contributed by atoms with E-state index in [1.165, 1.54) is 12.1 Å². The molecule has 0 atom stereocenters. The minimum atomic E-state index is -0.247. The van der Waals surface area contributed by atoms with E-state index < -0.39 is 0 Å². The van der Waals surface area contributed by atoms with Gasteiger partial charge in [-0.2, -0.15) is 0 Å². The standard InChI is InChI=1S/C21H24FN3O/c1-23-21(25-19-7-2-3-8-19)24-14-16-9-11-20(12-10-16)26-15-17-5-4-6-18(22)13-17/h2-6,9-13,19H,7-8,14-15H2,1H3,(H2,23,24,25). The first-order chi connectivity index (χ1) is 12.7. The molecule has 2 aromatic rings. The molecule has 0 aliphatic heterocycles. The summed E-state index contributed by atoms with van der Waals surface area (Å²) in [7, 11) is 1.78. The van der Waals surface area contributed by atoms with Gasteiger partial charge in [0, 0.05) is 19.6 Å². The molecule has 1 aliphatic carbocycles. The summed E-state index contributed by atoms with van der Waals surface area (Å²) in [5, 5.41) is 6.74. The van der Waals surface area contributed by atoms with Crippen LogP contribution in [0.4, 0.5) is 4.39 Å². The zero-order valence-corrected chi connectivity index (χ0v) is 14.9. The average molecular weight is 353 g/mol. The molecule has 26 heavy (non-hydrogen) atoms. The van der Waals surface area contributed by atoms with E-state index >= 15 is 0 Å². The molecule has 2 aromatic carbocycles. The molecule has 0 aromatic heterocycles. The van der Waals surface area contributed by atoms with Crippen LogP contribution in [0.2, 0.25) is 0 Å². The highest BCUT2D eigenvalue weighted by Crippen LogP contribution is 2.15. The summed E-state index contributed by atoms with van der Waals surface area (Å²) in [6.45, 7) is 1.03. The Morgan fingerprint density at radius 1 is 1.12 bits per heavy atom. The SMILES string of the molecule is CN=C(NCc1ccc(OCc2cccc(F)c2)cc1)NC1CC=CC1. The molecule has 4 nitrogen and oxygen atoms in total. The Morgan fingerprint density at radius 2 is 1.88 bits per heavy atom. The van der Waals surface area contributed by atoms with Crippen molar-refractivity contribution in [2.24, 2.45) is 4.99 Å². The summed E-state index contributed by atoms with van der Waals surface area (Å²) in [6.07, 6.45) is 6.46. The number of ether oxygens (including phenoxy) is 1. The monoisotopic (exact) mass is 353 g/mol. The highest BCUT2D eigenvalue weighted by molar-refractivity contribution is 5.80. The molecule has 0 amide bonds. The van der Waals surface area contributed by atoms with Gasteiger partial charge in [0.1, 0.15) is 18.2 Å². The molecule has 136 valence electrons. The Balaban J connectivity index is 1.46. The number of nitrogens with zero attached hydrogens (tertiary/aromatic N) is 1. The Hall–Kier alpha value is -2.82. The van der Waals surface area contributed by atoms with Crippen molar-refractivity contribution in [1.29, 1.82) is 0 Å². The number of hydrogen-bond donors (Lipinski definition) is 2. The van der Waals surface area contributed by atoms with E-state index in [2.05, 4.69) is 27.8 Å². The van der Waals surface area contributed by atoms with Crippen LogP contribution in [0.15, 0.2) is 65.7 Å². The van der Waals surface area contributed by atoms with Gasteiger partial charge in [0.25, 0.3) is 0 Å². The quantitative estimate of drug-likeness (QED) is 0.472. The maximum atomic E-state index is 13.2. The van der Waals surface area contributed by atoms with Crippen LogP contribution in [0, 0.1) is 5.82 Å². The van der Waals surface area contributed by atoms with Crippen molar-refractivity contribution in [3.63, 3.8) is 0 Å². The average Bonchev–Trinajstić information content (AvgIpc) is 3.17. The third-order valence-electron chi connectivity index (χ3n) is 4.25. The molecule has 1 aliphatic rings. The normalized spacial score (nSPS) is 14.5. The van der Waals surface area contributed by atoms with Crippen LogP contribution < -0.4 is 15.4 Å². The summed E-state index contributed by atoms with van der Waals surface area (Å²) < 4.78 is 18.9. The Kier molecular flexibility index (Phi) is 6.25. The molecule has 0 heterocycles. The molecule has 0 saturated heterocycles. The van der Waals surface area contributed by atoms with Gasteiger partial charge in [-0.3, -0.25) is 4.99 Å². The molecular formula is C21H24FN3O. The first kappa shape index (κ1) is 18.0. The minimum Gasteiger partial charge on any atom is -0.489 e. The molecule has 0 radical (unpaired) electrons. The van der Waals surface area contributed by atoms with Crippen LogP contribution in [-0.4, -0.2) is 19.0 Å². The number of nitrogens with one attached hydrogen (secondary N) is 2. The topological polar surface area (TPSA) is 45.7 Å². The fourth-order valence-electron chi connectivity index (χ4n) is 2.81. The molecule has 0 saturated carbocycles. The number of rotatable bonds is 6. The van der Waals surface area contributed by atoms with Gasteiger partial charge in [-0.15, -0.1) is 0 Å². The predicted octanol–water partition coefficient (Wildman–Crippen LogP) is 3.79. The van der Waals surface area contributed by atoms with Crippen LogP contribution in [-0.2, 0) is 13.2 Å². The van der Waals surface area contributed by atoms with E-state index in [9.17, 15) is 4.39 Å². The third kappa shape index (κ3) is 5.34. The van der Waals surface area contributed by atoms with Gasteiger partial charge in [0.15, 0.2) is 5.96 Å². The Morgan fingerprint density at radius 3 is 2.58 bits per heavy atom. The third-order valence-corrected chi connectivity index (χ3v) is 4.25. The molecule has 2 N–H and O–H groups in total. The van der Waals surface area contributed by atoms with Crippen LogP contribution in [0.1, 0.15) is 24.0 Å². The van der Waals surface area contributed by atoms with Gasteiger partial charge >= 0.3 is 0 Å². The lowest BCUT2D eigenvalue weighted by atomic mass is 10.2. The van der Waals surface area contributed by atoms with Crippen molar-refractivity contribution < 1.29 is 9.13 Å². The summed E-state index contributed by atoms with van der Waals surface area (Å²) in [5.41, 5.74) is 1.95. The maximum Gasteiger partial charge on any atom is 0.191 e. The van der Waals surface area contributed by atoms with Crippen LogP contribution in [0.3, 0.4) is 0 Å². The number of benzene rings is 2. The van der Waals surface area contributed by atoms with Crippen molar-refractivity contribution in [2.75, 3.05) is 7.05 Å². The molecule has 3 rings (SSSR count). The maximum absolute atomic E-state index is 13.2. The smallest absolute Gasteiger partial charge is 0.191 e. The lowest BCUT2D eigenvalue weighted by Crippen LogP contribution is -2.42. The fraction of sp³-hybridized carbons (Fsp3) is 0.286. The Bertz CT molecular complexity index is 763. The zero-order chi connectivity index (χ0) is 18.2. The lowest BCUT2D eigenvalue weighted by Gasteiger charge is -2.17. The van der Waals surface area contributed by atoms with Crippen LogP contribution in [0.5, 0.6) is 5.75 Å². The Labute approximate surface area is 153 Å². The van der Waals surface area contributed by atoms with Crippen molar-refractivity contribution in [3.05, 3.63) is 77.6 Å². The number of hydrogen-bond acceptors (Lipinski definition) is 2. The van der Waals surface area contributed by atoms with Gasteiger partial charge in [0.05, 0.1) is 0 Å². The fourth-order valence-corrected chi connectivity index (χ4v) is 2.81. The molecular weight excluding hydrogens is 329 g/mol. The summed E-state index contributed by atoms with van der Waals surface area (Å²) in [5.74, 6) is 1.32. The first-order valence-corrected chi connectivity index (χ1v) is 8.81. The first-order valence-electron chi connectivity index (χ1n) is 8.81. The van der Waals surface area contributed by atoms with Gasteiger partial charge in [-0.1, -0.05) is 36.4 Å². The molecule has 5 heteroatoms. The second-order valence-electron chi connectivity index (χ2n) is 6.27. The highest BCUT2D eigenvalue weighted by Gasteiger charge is 2.11. The van der Waals surface area contributed by atoms with Crippen LogP contribution in [0.25, 0.3) is 0 Å². The molecule has 0 fully saturated rings.